The van der Waals surface area contributed by atoms with E-state index in [0.717, 1.165) is 22.8 Å². The fourth-order valence-electron chi connectivity index (χ4n) is 10.8. The van der Waals surface area contributed by atoms with Gasteiger partial charge in [-0.2, -0.15) is 0 Å². The number of benzene rings is 9. The Bertz CT molecular complexity index is 3450. The summed E-state index contributed by atoms with van der Waals surface area (Å²) < 4.78 is 2.35. The lowest BCUT2D eigenvalue weighted by Gasteiger charge is -2.32. The molecule has 0 atom stereocenters. The van der Waals surface area contributed by atoms with Crippen LogP contribution in [0.15, 0.2) is 243 Å². The quantitative estimate of drug-likeness (QED) is 0.139. The van der Waals surface area contributed by atoms with Gasteiger partial charge in [0.25, 0.3) is 0 Å². The highest BCUT2D eigenvalue weighted by Crippen LogP contribution is 2.63. The lowest BCUT2D eigenvalue weighted by atomic mass is 9.70. The molecular weight excluding hydrogens is 773 g/mol. The molecule has 1 aromatic heterocycles. The topological polar surface area (TPSA) is 8.17 Å². The second-order valence-corrected chi connectivity index (χ2v) is 16.8. The van der Waals surface area contributed by atoms with Gasteiger partial charge in [0.15, 0.2) is 0 Å². The van der Waals surface area contributed by atoms with Crippen molar-refractivity contribution in [3.8, 4) is 44.5 Å². The maximum absolute atomic E-state index is 3.91. The largest absolute Gasteiger partial charge is 0.310 e. The van der Waals surface area contributed by atoms with E-state index >= 15 is 0 Å². The lowest BCUT2D eigenvalue weighted by molar-refractivity contribution is 0.793. The van der Waals surface area contributed by atoms with E-state index in [0.29, 0.717) is 0 Å². The van der Waals surface area contributed by atoms with Crippen LogP contribution < -0.4 is 4.90 Å². The Kier molecular flexibility index (Phi) is 8.81. The third-order valence-electron chi connectivity index (χ3n) is 13.6. The first-order chi connectivity index (χ1) is 31.7. The minimum atomic E-state index is -0.431. The number of hydrogen-bond donors (Lipinski definition) is 0. The molecule has 0 radical (unpaired) electrons. The van der Waals surface area contributed by atoms with Gasteiger partial charge in [-0.1, -0.05) is 183 Å². The molecule has 10 aromatic rings. The third-order valence-corrected chi connectivity index (χ3v) is 13.6. The number of rotatable bonds is 8. The molecule has 0 bridgehead atoms. The fraction of sp³-hybridized carbons (Fsp3) is 0.0323. The highest BCUT2D eigenvalue weighted by atomic mass is 15.1. The SMILES string of the molecule is C=C/C=C\C(=C/C)n1c2ccccc2c2cc(-c3ccc(N(c4ccc(-c5ccccc5)cc4)c4ccc5c(c4)C4(c6ccccc6-c6ccccc64)c4ccccc4-5)cc3)ccc21. The zero-order valence-corrected chi connectivity index (χ0v) is 35.6. The molecule has 0 fully saturated rings. The Hall–Kier alpha value is -8.20. The molecule has 9 aromatic carbocycles. The molecule has 0 saturated carbocycles. The van der Waals surface area contributed by atoms with E-state index in [1.54, 1.807) is 0 Å². The fourth-order valence-corrected chi connectivity index (χ4v) is 10.8. The van der Waals surface area contributed by atoms with Crippen molar-refractivity contribution >= 4 is 44.6 Å². The van der Waals surface area contributed by atoms with Gasteiger partial charge < -0.3 is 9.47 Å². The normalized spacial score (nSPS) is 13.3. The summed E-state index contributed by atoms with van der Waals surface area (Å²) in [5.74, 6) is 0. The van der Waals surface area contributed by atoms with E-state index in [1.807, 2.05) is 12.2 Å². The molecule has 64 heavy (non-hydrogen) atoms. The minimum Gasteiger partial charge on any atom is -0.310 e. The Labute approximate surface area is 374 Å². The zero-order chi connectivity index (χ0) is 42.8. The van der Waals surface area contributed by atoms with E-state index < -0.39 is 5.41 Å². The van der Waals surface area contributed by atoms with Gasteiger partial charge in [-0.05, 0) is 134 Å². The summed E-state index contributed by atoms with van der Waals surface area (Å²) in [6.07, 6.45) is 8.11. The van der Waals surface area contributed by atoms with Gasteiger partial charge in [0.1, 0.15) is 0 Å². The summed E-state index contributed by atoms with van der Waals surface area (Å²) >= 11 is 0. The number of aromatic nitrogens is 1. The number of allylic oxidation sites excluding steroid dienone is 5. The number of para-hydroxylation sites is 1. The van der Waals surface area contributed by atoms with Gasteiger partial charge in [-0.3, -0.25) is 0 Å². The molecule has 2 aliphatic carbocycles. The van der Waals surface area contributed by atoms with Crippen molar-refractivity contribution in [3.05, 3.63) is 265 Å². The van der Waals surface area contributed by atoms with Crippen LogP contribution >= 0.6 is 0 Å². The van der Waals surface area contributed by atoms with Crippen LogP contribution in [-0.4, -0.2) is 4.57 Å². The van der Waals surface area contributed by atoms with Crippen LogP contribution in [0.25, 0.3) is 72.0 Å². The van der Waals surface area contributed by atoms with E-state index in [1.165, 1.54) is 88.6 Å². The summed E-state index contributed by atoms with van der Waals surface area (Å²) in [6, 6.07) is 78.6. The number of fused-ring (bicyclic) bond motifs is 13. The van der Waals surface area contributed by atoms with Gasteiger partial charge in [0.05, 0.1) is 16.4 Å². The molecule has 2 heteroatoms. The summed E-state index contributed by atoms with van der Waals surface area (Å²) in [7, 11) is 0. The molecule has 0 unspecified atom stereocenters. The average Bonchev–Trinajstić information content (AvgIpc) is 3.97. The van der Waals surface area contributed by atoms with Gasteiger partial charge >= 0.3 is 0 Å². The van der Waals surface area contributed by atoms with Crippen molar-refractivity contribution in [1.29, 1.82) is 0 Å². The van der Waals surface area contributed by atoms with Gasteiger partial charge in [-0.15, -0.1) is 0 Å². The molecular formula is C62H44N2. The van der Waals surface area contributed by atoms with E-state index in [-0.39, 0.29) is 0 Å². The lowest BCUT2D eigenvalue weighted by Crippen LogP contribution is -2.26. The van der Waals surface area contributed by atoms with Gasteiger partial charge in [0.2, 0.25) is 0 Å². The van der Waals surface area contributed by atoms with E-state index in [4.69, 9.17) is 0 Å². The van der Waals surface area contributed by atoms with Crippen LogP contribution in [0.3, 0.4) is 0 Å². The zero-order valence-electron chi connectivity index (χ0n) is 35.6. The number of nitrogens with zero attached hydrogens (tertiary/aromatic N) is 2. The average molecular weight is 817 g/mol. The predicted molar refractivity (Wildman–Crippen MR) is 271 cm³/mol. The van der Waals surface area contributed by atoms with Crippen LogP contribution in [0.2, 0.25) is 0 Å². The molecule has 302 valence electrons. The Morgan fingerprint density at radius 2 is 0.922 bits per heavy atom. The molecule has 1 spiro atoms. The van der Waals surface area contributed by atoms with Crippen LogP contribution in [0.4, 0.5) is 17.1 Å². The summed E-state index contributed by atoms with van der Waals surface area (Å²) in [6.45, 7) is 6.00. The van der Waals surface area contributed by atoms with Crippen molar-refractivity contribution in [1.82, 2.24) is 4.57 Å². The molecule has 0 aliphatic heterocycles. The highest BCUT2D eigenvalue weighted by Gasteiger charge is 2.51. The maximum Gasteiger partial charge on any atom is 0.0726 e. The molecule has 0 amide bonds. The smallest absolute Gasteiger partial charge is 0.0726 e. The second kappa shape index (κ2) is 15.0. The number of anilines is 3. The molecule has 1 heterocycles. The Morgan fingerprint density at radius 3 is 1.53 bits per heavy atom. The highest BCUT2D eigenvalue weighted by molar-refractivity contribution is 6.11. The number of hydrogen-bond acceptors (Lipinski definition) is 1. The maximum atomic E-state index is 3.91. The van der Waals surface area contributed by atoms with Crippen LogP contribution in [0.1, 0.15) is 29.2 Å². The Balaban J connectivity index is 1.01. The van der Waals surface area contributed by atoms with Gasteiger partial charge in [0, 0.05) is 33.5 Å². The van der Waals surface area contributed by atoms with E-state index in [2.05, 4.69) is 247 Å². The van der Waals surface area contributed by atoms with Gasteiger partial charge in [-0.25, -0.2) is 0 Å². The Morgan fingerprint density at radius 1 is 0.438 bits per heavy atom. The van der Waals surface area contributed by atoms with Crippen molar-refractivity contribution in [3.63, 3.8) is 0 Å². The van der Waals surface area contributed by atoms with Crippen molar-refractivity contribution in [2.24, 2.45) is 0 Å². The second-order valence-electron chi connectivity index (χ2n) is 16.8. The molecule has 0 N–H and O–H groups in total. The molecule has 2 nitrogen and oxygen atoms in total. The molecule has 12 rings (SSSR count). The van der Waals surface area contributed by atoms with Crippen molar-refractivity contribution < 1.29 is 0 Å². The summed E-state index contributed by atoms with van der Waals surface area (Å²) in [5.41, 5.74) is 21.7. The summed E-state index contributed by atoms with van der Waals surface area (Å²) in [4.78, 5) is 2.43. The standard InChI is InChI=1S/C62H44N2/c1-3-5-19-46(4-2)64-60-27-16-12-23-54(60)55-40-45(32-39-61(55)64)44-30-35-48(36-31-44)63(47-33-28-43(29-34-47)42-17-7-6-8-18-42)49-37-38-53-52-22-11-15-26-58(52)62(59(53)41-49)56-24-13-9-20-50(56)51-21-10-14-25-57(51)62/h3-41H,1H2,2H3/b19-5-,46-4+. The monoisotopic (exact) mass is 816 g/mol. The molecule has 0 saturated heterocycles. The van der Waals surface area contributed by atoms with Crippen LogP contribution in [0, 0.1) is 0 Å². The summed E-state index contributed by atoms with van der Waals surface area (Å²) in [5, 5.41) is 2.46. The first-order valence-corrected chi connectivity index (χ1v) is 22.2. The van der Waals surface area contributed by atoms with Crippen molar-refractivity contribution in [2.45, 2.75) is 12.3 Å². The third kappa shape index (κ3) is 5.59. The van der Waals surface area contributed by atoms with Crippen LogP contribution in [-0.2, 0) is 5.41 Å². The van der Waals surface area contributed by atoms with Crippen molar-refractivity contribution in [2.75, 3.05) is 4.90 Å². The van der Waals surface area contributed by atoms with Crippen LogP contribution in [0.5, 0.6) is 0 Å². The minimum absolute atomic E-state index is 0.431. The first kappa shape index (κ1) is 37.6. The molecule has 2 aliphatic rings. The predicted octanol–water partition coefficient (Wildman–Crippen LogP) is 16.5. The first-order valence-electron chi connectivity index (χ1n) is 22.2. The van der Waals surface area contributed by atoms with E-state index in [9.17, 15) is 0 Å².